The molecule has 0 unspecified atom stereocenters. The van der Waals surface area contributed by atoms with Crippen LogP contribution in [0.4, 0.5) is 0 Å². The average molecular weight is 560 g/mol. The van der Waals surface area contributed by atoms with E-state index in [1.807, 2.05) is 36.4 Å². The minimum atomic E-state index is -0.424. The van der Waals surface area contributed by atoms with Crippen LogP contribution >= 0.6 is 51.5 Å². The van der Waals surface area contributed by atoms with Crippen molar-refractivity contribution in [1.29, 1.82) is 0 Å². The number of amides is 2. The van der Waals surface area contributed by atoms with Crippen LogP contribution in [0, 0.1) is 0 Å². The second-order valence-electron chi connectivity index (χ2n) is 6.92. The Kier molecular flexibility index (Phi) is 7.49. The fraction of sp³-hybridized carbons (Fsp3) is 0.0417. The number of carbonyl (C=O) groups is 2. The number of thioether (sulfide) groups is 1. The molecule has 5 nitrogen and oxygen atoms in total. The van der Waals surface area contributed by atoms with E-state index in [4.69, 9.17) is 28.6 Å². The van der Waals surface area contributed by atoms with Crippen molar-refractivity contribution >= 4 is 73.7 Å². The van der Waals surface area contributed by atoms with Crippen LogP contribution in [0.2, 0.25) is 5.02 Å². The summed E-state index contributed by atoms with van der Waals surface area (Å²) in [6.07, 6.45) is 1.71. The summed E-state index contributed by atoms with van der Waals surface area (Å²) < 4.78 is 7.06. The maximum Gasteiger partial charge on any atom is 0.285 e. The highest BCUT2D eigenvalue weighted by atomic mass is 79.9. The van der Waals surface area contributed by atoms with Crippen molar-refractivity contribution in [3.05, 3.63) is 104 Å². The van der Waals surface area contributed by atoms with Gasteiger partial charge in [0.1, 0.15) is 12.4 Å². The molecule has 0 spiro atoms. The van der Waals surface area contributed by atoms with Gasteiger partial charge in [-0.25, -0.2) is 0 Å². The van der Waals surface area contributed by atoms with Gasteiger partial charge in [0.05, 0.1) is 4.91 Å². The third-order valence-corrected chi connectivity index (χ3v) is 6.71. The molecule has 0 radical (unpaired) electrons. The van der Waals surface area contributed by atoms with Gasteiger partial charge in [0, 0.05) is 20.6 Å². The fourth-order valence-corrected chi connectivity index (χ4v) is 4.51. The number of nitrogens with one attached hydrogen (secondary N) is 1. The molecule has 1 heterocycles. The number of ether oxygens (including phenoxy) is 1. The molecule has 9 heteroatoms. The van der Waals surface area contributed by atoms with E-state index in [0.29, 0.717) is 27.8 Å². The minimum Gasteiger partial charge on any atom is -0.488 e. The summed E-state index contributed by atoms with van der Waals surface area (Å²) in [5.74, 6) is -0.202. The summed E-state index contributed by atoms with van der Waals surface area (Å²) in [5.41, 5.74) is 4.69. The SMILES string of the molecule is O=C(NN1C(=O)/C(=C\c2ccccc2OCc2ccc(Cl)cc2)SC1=S)c1ccc(Br)cc1. The maximum absolute atomic E-state index is 12.9. The summed E-state index contributed by atoms with van der Waals surface area (Å²) in [7, 11) is 0. The van der Waals surface area contributed by atoms with Crippen molar-refractivity contribution in [2.75, 3.05) is 0 Å². The first kappa shape index (κ1) is 23.5. The number of rotatable bonds is 6. The van der Waals surface area contributed by atoms with Gasteiger partial charge in [-0.1, -0.05) is 69.6 Å². The zero-order chi connectivity index (χ0) is 23.4. The molecule has 4 rings (SSSR count). The highest BCUT2D eigenvalue weighted by Gasteiger charge is 2.34. The lowest BCUT2D eigenvalue weighted by Crippen LogP contribution is -2.44. The van der Waals surface area contributed by atoms with Crippen molar-refractivity contribution in [2.45, 2.75) is 6.61 Å². The molecular formula is C24H16BrClN2O3S2. The van der Waals surface area contributed by atoms with Crippen LogP contribution in [0.15, 0.2) is 82.2 Å². The summed E-state index contributed by atoms with van der Waals surface area (Å²) >= 11 is 15.7. The number of hydrazine groups is 1. The Labute approximate surface area is 213 Å². The largest absolute Gasteiger partial charge is 0.488 e. The van der Waals surface area contributed by atoms with Gasteiger partial charge in [-0.3, -0.25) is 15.0 Å². The van der Waals surface area contributed by atoms with E-state index in [-0.39, 0.29) is 4.32 Å². The first-order valence-electron chi connectivity index (χ1n) is 9.71. The number of halogens is 2. The van der Waals surface area contributed by atoms with Gasteiger partial charge >= 0.3 is 0 Å². The maximum atomic E-state index is 12.9. The van der Waals surface area contributed by atoms with Crippen LogP contribution in [0.1, 0.15) is 21.5 Å². The lowest BCUT2D eigenvalue weighted by Gasteiger charge is -2.15. The third kappa shape index (κ3) is 5.83. The molecule has 166 valence electrons. The van der Waals surface area contributed by atoms with E-state index in [9.17, 15) is 9.59 Å². The molecular weight excluding hydrogens is 544 g/mol. The predicted molar refractivity (Wildman–Crippen MR) is 139 cm³/mol. The van der Waals surface area contributed by atoms with Gasteiger partial charge in [-0.2, -0.15) is 5.01 Å². The normalized spacial score (nSPS) is 14.6. The van der Waals surface area contributed by atoms with E-state index in [2.05, 4.69) is 21.4 Å². The zero-order valence-electron chi connectivity index (χ0n) is 17.0. The Bertz CT molecular complexity index is 1250. The number of hydrogen-bond donors (Lipinski definition) is 1. The van der Waals surface area contributed by atoms with Gasteiger partial charge in [0.15, 0.2) is 4.32 Å². The van der Waals surface area contributed by atoms with Gasteiger partial charge in [0.25, 0.3) is 11.8 Å². The monoisotopic (exact) mass is 558 g/mol. The standard InChI is InChI=1S/C24H16BrClN2O3S2/c25-18-9-7-16(8-10-18)22(29)27-28-23(30)21(33-24(28)32)13-17-3-1-2-4-20(17)31-14-15-5-11-19(26)12-6-15/h1-13H,14H2,(H,27,29)/b21-13+. The molecule has 33 heavy (non-hydrogen) atoms. The van der Waals surface area contributed by atoms with Crippen LogP contribution in [-0.2, 0) is 11.4 Å². The first-order chi connectivity index (χ1) is 15.9. The van der Waals surface area contributed by atoms with Crippen molar-refractivity contribution in [1.82, 2.24) is 10.4 Å². The van der Waals surface area contributed by atoms with E-state index < -0.39 is 11.8 Å². The van der Waals surface area contributed by atoms with Crippen molar-refractivity contribution in [2.24, 2.45) is 0 Å². The summed E-state index contributed by atoms with van der Waals surface area (Å²) in [4.78, 5) is 25.9. The molecule has 1 saturated heterocycles. The molecule has 0 aromatic heterocycles. The van der Waals surface area contributed by atoms with Crippen LogP contribution in [-0.4, -0.2) is 21.1 Å². The van der Waals surface area contributed by atoms with E-state index in [1.54, 1.807) is 42.5 Å². The molecule has 1 aliphatic heterocycles. The van der Waals surface area contributed by atoms with Gasteiger partial charge in [0.2, 0.25) is 0 Å². The number of hydrogen-bond acceptors (Lipinski definition) is 5. The molecule has 1 N–H and O–H groups in total. The molecule has 0 atom stereocenters. The van der Waals surface area contributed by atoms with Crippen molar-refractivity contribution in [3.8, 4) is 5.75 Å². The molecule has 0 bridgehead atoms. The van der Waals surface area contributed by atoms with Crippen molar-refractivity contribution < 1.29 is 14.3 Å². The third-order valence-electron chi connectivity index (χ3n) is 4.63. The predicted octanol–water partition coefficient (Wildman–Crippen LogP) is 6.23. The fourth-order valence-electron chi connectivity index (χ4n) is 2.95. The number of para-hydroxylation sites is 1. The quantitative estimate of drug-likeness (QED) is 0.287. The second kappa shape index (κ2) is 10.5. The van der Waals surface area contributed by atoms with Crippen LogP contribution in [0.25, 0.3) is 6.08 Å². The molecule has 1 aliphatic rings. The molecule has 0 saturated carbocycles. The van der Waals surface area contributed by atoms with Crippen LogP contribution in [0.5, 0.6) is 5.75 Å². The lowest BCUT2D eigenvalue weighted by atomic mass is 10.2. The first-order valence-corrected chi connectivity index (χ1v) is 12.1. The Hall–Kier alpha value is -2.65. The summed E-state index contributed by atoms with van der Waals surface area (Å²) in [5, 5.41) is 1.75. The summed E-state index contributed by atoms with van der Waals surface area (Å²) in [6, 6.07) is 21.6. The molecule has 3 aromatic carbocycles. The van der Waals surface area contributed by atoms with Gasteiger partial charge in [-0.15, -0.1) is 0 Å². The molecule has 2 amide bonds. The molecule has 1 fully saturated rings. The van der Waals surface area contributed by atoms with E-state index >= 15 is 0 Å². The topological polar surface area (TPSA) is 58.6 Å². The Morgan fingerprint density at radius 3 is 2.52 bits per heavy atom. The lowest BCUT2D eigenvalue weighted by molar-refractivity contribution is -0.123. The molecule has 3 aromatic rings. The number of benzene rings is 3. The number of thiocarbonyl (C=S) groups is 1. The number of nitrogens with zero attached hydrogens (tertiary/aromatic N) is 1. The second-order valence-corrected chi connectivity index (χ2v) is 9.95. The van der Waals surface area contributed by atoms with Gasteiger partial charge in [-0.05, 0) is 66.3 Å². The van der Waals surface area contributed by atoms with Crippen LogP contribution in [0.3, 0.4) is 0 Å². The highest BCUT2D eigenvalue weighted by Crippen LogP contribution is 2.33. The molecule has 0 aliphatic carbocycles. The van der Waals surface area contributed by atoms with E-state index in [0.717, 1.165) is 32.4 Å². The van der Waals surface area contributed by atoms with Crippen molar-refractivity contribution in [3.63, 3.8) is 0 Å². The Morgan fingerprint density at radius 1 is 1.09 bits per heavy atom. The summed E-state index contributed by atoms with van der Waals surface area (Å²) in [6.45, 7) is 0.353. The zero-order valence-corrected chi connectivity index (χ0v) is 20.9. The Morgan fingerprint density at radius 2 is 1.79 bits per heavy atom. The smallest absolute Gasteiger partial charge is 0.285 e. The average Bonchev–Trinajstić information content (AvgIpc) is 3.07. The Balaban J connectivity index is 1.48. The van der Waals surface area contributed by atoms with Crippen LogP contribution < -0.4 is 10.2 Å². The minimum absolute atomic E-state index is 0.247. The van der Waals surface area contributed by atoms with E-state index in [1.165, 1.54) is 0 Å². The van der Waals surface area contributed by atoms with Gasteiger partial charge < -0.3 is 4.74 Å². The highest BCUT2D eigenvalue weighted by molar-refractivity contribution is 9.10. The number of carbonyl (C=O) groups excluding carboxylic acids is 2.